The van der Waals surface area contributed by atoms with Crippen LogP contribution in [0.1, 0.15) is 23.6 Å². The van der Waals surface area contributed by atoms with Crippen LogP contribution in [0.4, 0.5) is 10.5 Å². The van der Waals surface area contributed by atoms with Crippen LogP contribution in [0, 0.1) is 6.92 Å². The Morgan fingerprint density at radius 1 is 1.03 bits per heavy atom. The molecule has 0 spiro atoms. The van der Waals surface area contributed by atoms with Crippen LogP contribution in [-0.4, -0.2) is 35.9 Å². The number of ether oxygens (including phenoxy) is 2. The zero-order valence-electron chi connectivity index (χ0n) is 20.4. The number of aryl methyl sites for hydroxylation is 1. The van der Waals surface area contributed by atoms with Gasteiger partial charge in [0.15, 0.2) is 11.5 Å². The second-order valence-electron chi connectivity index (χ2n) is 8.35. The number of hydrogen-bond donors (Lipinski definition) is 2. The Morgan fingerprint density at radius 3 is 2.54 bits per heavy atom. The molecule has 1 fully saturated rings. The lowest BCUT2D eigenvalue weighted by molar-refractivity contribution is -0.127. The smallest absolute Gasteiger partial charge is 0.329 e. The van der Waals surface area contributed by atoms with E-state index in [0.717, 1.165) is 20.5 Å². The molecule has 1 aliphatic rings. The monoisotopic (exact) mass is 563 g/mol. The van der Waals surface area contributed by atoms with Gasteiger partial charge in [0.2, 0.25) is 5.91 Å². The van der Waals surface area contributed by atoms with Crippen molar-refractivity contribution in [3.63, 3.8) is 0 Å². The van der Waals surface area contributed by atoms with Gasteiger partial charge in [0.05, 0.1) is 6.61 Å². The molecule has 1 aliphatic heterocycles. The van der Waals surface area contributed by atoms with Gasteiger partial charge in [-0.05, 0) is 73.0 Å². The van der Waals surface area contributed by atoms with Gasteiger partial charge >= 0.3 is 6.03 Å². The van der Waals surface area contributed by atoms with Gasteiger partial charge in [0.1, 0.15) is 18.8 Å². The van der Waals surface area contributed by atoms with E-state index < -0.39 is 24.4 Å². The Balaban J connectivity index is 1.44. The third kappa shape index (κ3) is 6.77. The van der Waals surface area contributed by atoms with E-state index in [0.29, 0.717) is 36.0 Å². The first-order valence-electron chi connectivity index (χ1n) is 11.7. The summed E-state index contributed by atoms with van der Waals surface area (Å²) in [5, 5.41) is 5.24. The summed E-state index contributed by atoms with van der Waals surface area (Å²) in [6.07, 6.45) is 1.54. The van der Waals surface area contributed by atoms with Crippen LogP contribution in [0.2, 0.25) is 0 Å². The first-order chi connectivity index (χ1) is 17.8. The highest BCUT2D eigenvalue weighted by Gasteiger charge is 2.35. The van der Waals surface area contributed by atoms with Crippen molar-refractivity contribution in [3.05, 3.63) is 93.6 Å². The fourth-order valence-corrected chi connectivity index (χ4v) is 3.96. The summed E-state index contributed by atoms with van der Waals surface area (Å²) in [5.41, 5.74) is 3.28. The number of benzene rings is 3. The Hall–Kier alpha value is -4.11. The first-order valence-corrected chi connectivity index (χ1v) is 12.5. The molecular weight excluding hydrogens is 538 g/mol. The standard InChI is InChI=1S/C28H26BrN3O5/c1-3-36-25-15-20(9-12-24(25)37-17-19-7-10-21(29)11-8-19)14-23-27(34)32(28(35)31-23)16-26(33)30-22-6-4-5-18(2)13-22/h4-15H,3,16-17H2,1-2H3,(H,30,33)(H,31,35)/b23-14+. The second kappa shape index (κ2) is 11.7. The molecule has 4 rings (SSSR count). The number of nitrogens with one attached hydrogen (secondary N) is 2. The van der Waals surface area contributed by atoms with E-state index in [1.165, 1.54) is 0 Å². The minimum absolute atomic E-state index is 0.0688. The third-order valence-corrected chi connectivity index (χ3v) is 5.98. The normalized spacial score (nSPS) is 14.0. The van der Waals surface area contributed by atoms with Crippen molar-refractivity contribution in [3.8, 4) is 11.5 Å². The Morgan fingerprint density at radius 2 is 1.81 bits per heavy atom. The Labute approximate surface area is 223 Å². The summed E-state index contributed by atoms with van der Waals surface area (Å²) in [7, 11) is 0. The van der Waals surface area contributed by atoms with E-state index in [1.807, 2.05) is 50.2 Å². The van der Waals surface area contributed by atoms with Crippen LogP contribution in [0.25, 0.3) is 6.08 Å². The molecule has 0 bridgehead atoms. The minimum Gasteiger partial charge on any atom is -0.490 e. The molecule has 0 radical (unpaired) electrons. The van der Waals surface area contributed by atoms with Gasteiger partial charge in [-0.15, -0.1) is 0 Å². The van der Waals surface area contributed by atoms with E-state index in [4.69, 9.17) is 9.47 Å². The highest BCUT2D eigenvalue weighted by atomic mass is 79.9. The van der Waals surface area contributed by atoms with Gasteiger partial charge < -0.3 is 20.1 Å². The number of rotatable bonds is 9. The highest BCUT2D eigenvalue weighted by molar-refractivity contribution is 9.10. The number of carbonyl (C=O) groups excluding carboxylic acids is 3. The number of carbonyl (C=O) groups is 3. The average Bonchev–Trinajstić information content (AvgIpc) is 3.12. The predicted octanol–water partition coefficient (Wildman–Crippen LogP) is 5.27. The molecular formula is C28H26BrN3O5. The highest BCUT2D eigenvalue weighted by Crippen LogP contribution is 2.30. The molecule has 0 aromatic heterocycles. The molecule has 0 atom stereocenters. The van der Waals surface area contributed by atoms with E-state index >= 15 is 0 Å². The number of amides is 4. The van der Waals surface area contributed by atoms with E-state index in [9.17, 15) is 14.4 Å². The lowest BCUT2D eigenvalue weighted by atomic mass is 10.1. The van der Waals surface area contributed by atoms with Crippen molar-refractivity contribution in [2.24, 2.45) is 0 Å². The first kappa shape index (κ1) is 26.0. The zero-order chi connectivity index (χ0) is 26.4. The molecule has 3 aromatic carbocycles. The summed E-state index contributed by atoms with van der Waals surface area (Å²) >= 11 is 3.42. The number of nitrogens with zero attached hydrogens (tertiary/aromatic N) is 1. The van der Waals surface area contributed by atoms with Crippen molar-refractivity contribution >= 4 is 45.5 Å². The molecule has 9 heteroatoms. The molecule has 190 valence electrons. The lowest BCUT2D eigenvalue weighted by Crippen LogP contribution is -2.38. The van der Waals surface area contributed by atoms with E-state index in [2.05, 4.69) is 26.6 Å². The van der Waals surface area contributed by atoms with Crippen LogP contribution in [0.5, 0.6) is 11.5 Å². The molecule has 0 unspecified atom stereocenters. The van der Waals surface area contributed by atoms with Crippen molar-refractivity contribution in [2.75, 3.05) is 18.5 Å². The summed E-state index contributed by atoms with van der Waals surface area (Å²) in [4.78, 5) is 38.6. The van der Waals surface area contributed by atoms with Gasteiger partial charge in [-0.3, -0.25) is 9.59 Å². The van der Waals surface area contributed by atoms with E-state index in [1.54, 1.807) is 36.4 Å². The molecule has 2 N–H and O–H groups in total. The number of urea groups is 1. The van der Waals surface area contributed by atoms with Crippen molar-refractivity contribution in [2.45, 2.75) is 20.5 Å². The second-order valence-corrected chi connectivity index (χ2v) is 9.27. The fourth-order valence-electron chi connectivity index (χ4n) is 3.69. The molecule has 0 saturated carbocycles. The van der Waals surface area contributed by atoms with Gasteiger partial charge in [-0.2, -0.15) is 0 Å². The molecule has 3 aromatic rings. The minimum atomic E-state index is -0.657. The van der Waals surface area contributed by atoms with Crippen molar-refractivity contribution in [1.82, 2.24) is 10.2 Å². The molecule has 0 aliphatic carbocycles. The van der Waals surface area contributed by atoms with Crippen LogP contribution in [0.15, 0.2) is 76.9 Å². The number of anilines is 1. The van der Waals surface area contributed by atoms with Crippen LogP contribution < -0.4 is 20.1 Å². The van der Waals surface area contributed by atoms with Gasteiger partial charge in [0, 0.05) is 10.2 Å². The number of imide groups is 1. The average molecular weight is 564 g/mol. The maximum absolute atomic E-state index is 12.9. The zero-order valence-corrected chi connectivity index (χ0v) is 22.0. The number of halogens is 1. The largest absolute Gasteiger partial charge is 0.490 e. The Kier molecular flexibility index (Phi) is 8.25. The summed E-state index contributed by atoms with van der Waals surface area (Å²) in [5.74, 6) is 0.0162. The molecule has 1 saturated heterocycles. The van der Waals surface area contributed by atoms with Gasteiger partial charge in [0.25, 0.3) is 5.91 Å². The van der Waals surface area contributed by atoms with E-state index in [-0.39, 0.29) is 5.70 Å². The maximum Gasteiger partial charge on any atom is 0.329 e. The van der Waals surface area contributed by atoms with Crippen molar-refractivity contribution < 1.29 is 23.9 Å². The lowest BCUT2D eigenvalue weighted by Gasteiger charge is -2.13. The SMILES string of the molecule is CCOc1cc(/C=C2/NC(=O)N(CC(=O)Nc3cccc(C)c3)C2=O)ccc1OCc1ccc(Br)cc1. The topological polar surface area (TPSA) is 97.0 Å². The third-order valence-electron chi connectivity index (χ3n) is 5.45. The van der Waals surface area contributed by atoms with Crippen LogP contribution in [-0.2, 0) is 16.2 Å². The molecule has 1 heterocycles. The summed E-state index contributed by atoms with van der Waals surface area (Å²) in [6, 6.07) is 19.7. The van der Waals surface area contributed by atoms with Crippen LogP contribution >= 0.6 is 15.9 Å². The number of hydrogen-bond acceptors (Lipinski definition) is 5. The van der Waals surface area contributed by atoms with Crippen molar-refractivity contribution in [1.29, 1.82) is 0 Å². The summed E-state index contributed by atoms with van der Waals surface area (Å²) in [6.45, 7) is 4.16. The van der Waals surface area contributed by atoms with Gasteiger partial charge in [-0.1, -0.05) is 46.3 Å². The molecule has 8 nitrogen and oxygen atoms in total. The van der Waals surface area contributed by atoms with Crippen LogP contribution in [0.3, 0.4) is 0 Å². The van der Waals surface area contributed by atoms with Gasteiger partial charge in [-0.25, -0.2) is 9.69 Å². The molecule has 4 amide bonds. The Bertz CT molecular complexity index is 1350. The predicted molar refractivity (Wildman–Crippen MR) is 144 cm³/mol. The fraction of sp³-hybridized carbons (Fsp3) is 0.179. The summed E-state index contributed by atoms with van der Waals surface area (Å²) < 4.78 is 12.7. The maximum atomic E-state index is 12.9. The molecule has 37 heavy (non-hydrogen) atoms. The quantitative estimate of drug-likeness (QED) is 0.273.